The van der Waals surface area contributed by atoms with Crippen molar-refractivity contribution in [1.82, 2.24) is 10.2 Å². The van der Waals surface area contributed by atoms with E-state index in [1.165, 1.54) is 11.3 Å². The molecular weight excluding hydrogens is 440 g/mol. The number of hydrogen-bond donors (Lipinski definition) is 1. The Bertz CT molecular complexity index is 1250. The van der Waals surface area contributed by atoms with E-state index in [2.05, 4.69) is 46.6 Å². The molecule has 1 atom stereocenters. The van der Waals surface area contributed by atoms with Gasteiger partial charge in [-0.25, -0.2) is 0 Å². The molecule has 7 heteroatoms. The molecule has 7 nitrogen and oxygen atoms in total. The fourth-order valence-corrected chi connectivity index (χ4v) is 4.88. The van der Waals surface area contributed by atoms with Crippen LogP contribution in [0.2, 0.25) is 0 Å². The number of nitrogens with one attached hydrogen (secondary N) is 1. The smallest absolute Gasteiger partial charge is 0.262 e. The molecule has 2 aliphatic rings. The van der Waals surface area contributed by atoms with Crippen LogP contribution in [0.25, 0.3) is 0 Å². The van der Waals surface area contributed by atoms with E-state index in [-0.39, 0.29) is 18.5 Å². The Labute approximate surface area is 204 Å². The van der Waals surface area contributed by atoms with Crippen molar-refractivity contribution in [2.45, 2.75) is 12.5 Å². The van der Waals surface area contributed by atoms with Crippen LogP contribution in [0, 0.1) is 0 Å². The van der Waals surface area contributed by atoms with Gasteiger partial charge in [-0.2, -0.15) is 0 Å². The third-order valence-electron chi connectivity index (χ3n) is 6.77. The number of imide groups is 1. The molecule has 178 valence electrons. The van der Waals surface area contributed by atoms with Gasteiger partial charge in [0.2, 0.25) is 5.91 Å². The number of benzene rings is 3. The van der Waals surface area contributed by atoms with Crippen molar-refractivity contribution in [1.29, 1.82) is 0 Å². The number of hydrogen-bond acceptors (Lipinski definition) is 5. The van der Waals surface area contributed by atoms with Gasteiger partial charge in [0.1, 0.15) is 6.54 Å². The molecule has 35 heavy (non-hydrogen) atoms. The zero-order valence-corrected chi connectivity index (χ0v) is 19.9. The first-order valence-electron chi connectivity index (χ1n) is 11.8. The molecule has 1 N–H and O–H groups in total. The summed E-state index contributed by atoms with van der Waals surface area (Å²) in [5.41, 5.74) is 5.34. The molecule has 2 heterocycles. The highest BCUT2D eigenvalue weighted by atomic mass is 16.2. The first-order valence-corrected chi connectivity index (χ1v) is 11.8. The third kappa shape index (κ3) is 4.25. The Kier molecular flexibility index (Phi) is 5.99. The van der Waals surface area contributed by atoms with Gasteiger partial charge in [-0.15, -0.1) is 0 Å². The second-order valence-corrected chi connectivity index (χ2v) is 9.12. The van der Waals surface area contributed by atoms with Crippen LogP contribution in [0.3, 0.4) is 0 Å². The van der Waals surface area contributed by atoms with Crippen molar-refractivity contribution in [2.24, 2.45) is 0 Å². The second kappa shape index (κ2) is 9.25. The Hall–Kier alpha value is -4.13. The molecule has 0 saturated heterocycles. The minimum Gasteiger partial charge on any atom is -0.378 e. The third-order valence-corrected chi connectivity index (χ3v) is 6.77. The first kappa shape index (κ1) is 22.7. The van der Waals surface area contributed by atoms with E-state index in [1.807, 2.05) is 31.1 Å². The van der Waals surface area contributed by atoms with E-state index in [1.54, 1.807) is 24.3 Å². The molecule has 2 aliphatic heterocycles. The summed E-state index contributed by atoms with van der Waals surface area (Å²) >= 11 is 0. The average molecular weight is 469 g/mol. The highest BCUT2D eigenvalue weighted by Gasteiger charge is 2.36. The number of fused-ring (bicyclic) bond motifs is 2. The fourth-order valence-electron chi connectivity index (χ4n) is 4.88. The van der Waals surface area contributed by atoms with Crippen molar-refractivity contribution >= 4 is 29.1 Å². The van der Waals surface area contributed by atoms with Gasteiger partial charge >= 0.3 is 0 Å². The maximum Gasteiger partial charge on any atom is 0.262 e. The minimum atomic E-state index is -0.426. The predicted octanol–water partition coefficient (Wildman–Crippen LogP) is 3.27. The van der Waals surface area contributed by atoms with E-state index >= 15 is 0 Å². The van der Waals surface area contributed by atoms with Crippen LogP contribution < -0.4 is 15.1 Å². The van der Waals surface area contributed by atoms with Gasteiger partial charge in [-0.05, 0) is 47.9 Å². The highest BCUT2D eigenvalue weighted by Crippen LogP contribution is 2.35. The number of nitrogens with zero attached hydrogens (tertiary/aromatic N) is 3. The topological polar surface area (TPSA) is 73.0 Å². The normalized spacial score (nSPS) is 15.1. The molecule has 0 fully saturated rings. The van der Waals surface area contributed by atoms with E-state index < -0.39 is 11.8 Å². The number of anilines is 2. The van der Waals surface area contributed by atoms with Crippen molar-refractivity contribution in [2.75, 3.05) is 43.5 Å². The van der Waals surface area contributed by atoms with Crippen molar-refractivity contribution in [3.63, 3.8) is 0 Å². The first-order chi connectivity index (χ1) is 16.9. The van der Waals surface area contributed by atoms with Crippen LogP contribution in [0.15, 0.2) is 72.8 Å². The number of carbonyl (C=O) groups is 3. The van der Waals surface area contributed by atoms with Crippen molar-refractivity contribution in [3.8, 4) is 0 Å². The molecule has 3 amide bonds. The number of para-hydroxylation sites is 1. The van der Waals surface area contributed by atoms with E-state index in [9.17, 15) is 14.4 Å². The second-order valence-electron chi connectivity index (χ2n) is 9.12. The number of carbonyl (C=O) groups excluding carboxylic acids is 3. The van der Waals surface area contributed by atoms with E-state index in [4.69, 9.17) is 0 Å². The molecule has 0 spiro atoms. The molecule has 0 aliphatic carbocycles. The quantitative estimate of drug-likeness (QED) is 0.539. The lowest BCUT2D eigenvalue weighted by molar-refractivity contribution is -0.121. The Morgan fingerprint density at radius 2 is 1.54 bits per heavy atom. The highest BCUT2D eigenvalue weighted by molar-refractivity contribution is 6.22. The van der Waals surface area contributed by atoms with Crippen LogP contribution in [-0.4, -0.2) is 56.4 Å². The minimum absolute atomic E-state index is 0.0824. The van der Waals surface area contributed by atoms with Gasteiger partial charge < -0.3 is 15.1 Å². The lowest BCUT2D eigenvalue weighted by atomic mass is 10.0. The monoisotopic (exact) mass is 468 g/mol. The predicted molar refractivity (Wildman–Crippen MR) is 136 cm³/mol. The molecule has 0 aromatic heterocycles. The summed E-state index contributed by atoms with van der Waals surface area (Å²) < 4.78 is 0. The van der Waals surface area contributed by atoms with Crippen LogP contribution in [0.1, 0.15) is 37.9 Å². The standard InChI is InChI=1S/C28H28N4O3/c1-30(2)21-13-11-20(12-14-21)25(31-16-15-19-7-3-6-10-24(19)31)17-29-26(33)18-32-27(34)22-8-4-5-9-23(22)28(32)35/h3-14,25H,15-18H2,1-2H3,(H,29,33)/t25-/m1/s1. The van der Waals surface area contributed by atoms with Crippen LogP contribution >= 0.6 is 0 Å². The zero-order chi connectivity index (χ0) is 24.5. The Morgan fingerprint density at radius 1 is 0.914 bits per heavy atom. The molecule has 0 unspecified atom stereocenters. The Balaban J connectivity index is 1.33. The summed E-state index contributed by atoms with van der Waals surface area (Å²) in [5.74, 6) is -1.21. The summed E-state index contributed by atoms with van der Waals surface area (Å²) in [6, 6.07) is 23.3. The van der Waals surface area contributed by atoms with E-state index in [0.29, 0.717) is 17.7 Å². The lowest BCUT2D eigenvalue weighted by Gasteiger charge is -2.31. The number of amides is 3. The van der Waals surface area contributed by atoms with Gasteiger partial charge in [0.15, 0.2) is 0 Å². The maximum atomic E-state index is 12.9. The van der Waals surface area contributed by atoms with E-state index in [0.717, 1.165) is 29.1 Å². The molecule has 3 aromatic carbocycles. The molecule has 3 aromatic rings. The molecule has 0 bridgehead atoms. The molecular formula is C28H28N4O3. The van der Waals surface area contributed by atoms with Crippen LogP contribution in [0.5, 0.6) is 0 Å². The molecule has 5 rings (SSSR count). The van der Waals surface area contributed by atoms with Gasteiger partial charge in [0.25, 0.3) is 11.8 Å². The summed E-state index contributed by atoms with van der Waals surface area (Å²) in [4.78, 5) is 43.6. The summed E-state index contributed by atoms with van der Waals surface area (Å²) in [5, 5.41) is 2.98. The van der Waals surface area contributed by atoms with Gasteiger partial charge in [-0.3, -0.25) is 19.3 Å². The Morgan fingerprint density at radius 3 is 2.20 bits per heavy atom. The van der Waals surface area contributed by atoms with Crippen LogP contribution in [0.4, 0.5) is 11.4 Å². The number of rotatable bonds is 7. The van der Waals surface area contributed by atoms with Gasteiger partial charge in [0.05, 0.1) is 17.2 Å². The summed E-state index contributed by atoms with van der Waals surface area (Å²) in [7, 11) is 4.01. The van der Waals surface area contributed by atoms with Crippen LogP contribution in [-0.2, 0) is 11.2 Å². The van der Waals surface area contributed by atoms with Gasteiger partial charge in [0, 0.05) is 38.6 Å². The molecule has 0 radical (unpaired) electrons. The van der Waals surface area contributed by atoms with Gasteiger partial charge in [-0.1, -0.05) is 42.5 Å². The SMILES string of the molecule is CN(C)c1ccc([C@@H](CNC(=O)CN2C(=O)c3ccccc3C2=O)N2CCc3ccccc32)cc1. The van der Waals surface area contributed by atoms with Crippen molar-refractivity contribution in [3.05, 3.63) is 95.1 Å². The summed E-state index contributed by atoms with van der Waals surface area (Å²) in [6.45, 7) is 0.917. The largest absolute Gasteiger partial charge is 0.378 e. The van der Waals surface area contributed by atoms with Crippen molar-refractivity contribution < 1.29 is 14.4 Å². The molecule has 0 saturated carbocycles. The average Bonchev–Trinajstić information content (AvgIpc) is 3.40. The lowest BCUT2D eigenvalue weighted by Crippen LogP contribution is -2.43. The zero-order valence-electron chi connectivity index (χ0n) is 19.9. The summed E-state index contributed by atoms with van der Waals surface area (Å²) in [6.07, 6.45) is 0.950. The maximum absolute atomic E-state index is 12.9. The fraction of sp³-hybridized carbons (Fsp3) is 0.250.